The zero-order valence-corrected chi connectivity index (χ0v) is 24.4. The molecule has 1 N–H and O–H groups in total. The molecule has 0 unspecified atom stereocenters. The van der Waals surface area contributed by atoms with E-state index in [1.54, 1.807) is 6.92 Å². The van der Waals surface area contributed by atoms with Gasteiger partial charge in [0, 0.05) is 51.6 Å². The molecule has 0 bridgehead atoms. The Morgan fingerprint density at radius 3 is 2.16 bits per heavy atom. The molecule has 45 heavy (non-hydrogen) atoms. The molecule has 0 spiro atoms. The van der Waals surface area contributed by atoms with Crippen molar-refractivity contribution >= 4 is 23.5 Å². The first-order valence-electron chi connectivity index (χ1n) is 13.8. The molecule has 1 aliphatic heterocycles. The molecule has 2 heterocycles. The summed E-state index contributed by atoms with van der Waals surface area (Å²) in [5.41, 5.74) is -2.04. The van der Waals surface area contributed by atoms with E-state index in [1.165, 1.54) is 55.4 Å². The molecule has 4 rings (SSSR count). The van der Waals surface area contributed by atoms with E-state index >= 15 is 0 Å². The predicted octanol–water partition coefficient (Wildman–Crippen LogP) is 6.43. The molecular formula is C31H29F7N4O3. The monoisotopic (exact) mass is 638 g/mol. The van der Waals surface area contributed by atoms with Crippen LogP contribution in [0.25, 0.3) is 0 Å². The van der Waals surface area contributed by atoms with Crippen LogP contribution < -0.4 is 5.32 Å². The van der Waals surface area contributed by atoms with Crippen LogP contribution in [0.2, 0.25) is 0 Å². The molecule has 1 fully saturated rings. The molecular weight excluding hydrogens is 609 g/mol. The maximum atomic E-state index is 14.0. The Hall–Kier alpha value is -4.49. The van der Waals surface area contributed by atoms with E-state index in [9.17, 15) is 45.1 Å². The number of carbonyl (C=O) groups excluding carboxylic acids is 3. The first kappa shape index (κ1) is 33.4. The zero-order valence-electron chi connectivity index (χ0n) is 24.4. The van der Waals surface area contributed by atoms with Crippen molar-refractivity contribution in [2.75, 3.05) is 25.5 Å². The minimum atomic E-state index is -5.04. The zero-order chi connectivity index (χ0) is 33.3. The molecule has 0 radical (unpaired) electrons. The van der Waals surface area contributed by atoms with Gasteiger partial charge in [-0.2, -0.15) is 26.3 Å². The Balaban J connectivity index is 1.61. The van der Waals surface area contributed by atoms with Crippen molar-refractivity contribution in [3.05, 3.63) is 93.9 Å². The molecule has 0 aliphatic carbocycles. The molecule has 240 valence electrons. The number of hydrogen-bond donors (Lipinski definition) is 1. The number of rotatable bonds is 6. The van der Waals surface area contributed by atoms with Crippen LogP contribution in [0.1, 0.15) is 57.4 Å². The van der Waals surface area contributed by atoms with Crippen LogP contribution in [0.3, 0.4) is 0 Å². The number of nitrogens with zero attached hydrogens (tertiary/aromatic N) is 3. The van der Waals surface area contributed by atoms with Crippen molar-refractivity contribution in [2.24, 2.45) is 5.92 Å². The Morgan fingerprint density at radius 2 is 1.62 bits per heavy atom. The number of nitrogens with one attached hydrogen (secondary N) is 1. The van der Waals surface area contributed by atoms with Crippen LogP contribution in [0.5, 0.6) is 0 Å². The van der Waals surface area contributed by atoms with Crippen molar-refractivity contribution in [2.45, 2.75) is 45.1 Å². The molecule has 2 atom stereocenters. The highest BCUT2D eigenvalue weighted by Gasteiger charge is 2.40. The largest absolute Gasteiger partial charge is 0.416 e. The average molecular weight is 639 g/mol. The van der Waals surface area contributed by atoms with Gasteiger partial charge in [-0.15, -0.1) is 0 Å². The second-order valence-corrected chi connectivity index (χ2v) is 11.0. The van der Waals surface area contributed by atoms with Crippen LogP contribution in [0, 0.1) is 18.7 Å². The number of amides is 3. The van der Waals surface area contributed by atoms with E-state index in [2.05, 4.69) is 10.3 Å². The van der Waals surface area contributed by atoms with Gasteiger partial charge in [0.25, 0.3) is 5.91 Å². The lowest BCUT2D eigenvalue weighted by atomic mass is 9.78. The van der Waals surface area contributed by atoms with Gasteiger partial charge < -0.3 is 15.1 Å². The van der Waals surface area contributed by atoms with Crippen molar-refractivity contribution in [1.29, 1.82) is 0 Å². The number of hydrogen-bond acceptors (Lipinski definition) is 4. The van der Waals surface area contributed by atoms with Gasteiger partial charge in [0.15, 0.2) is 0 Å². The van der Waals surface area contributed by atoms with Crippen molar-refractivity contribution < 1.29 is 45.1 Å². The molecule has 3 amide bonds. The second kappa shape index (κ2) is 12.9. The van der Waals surface area contributed by atoms with Gasteiger partial charge in [0.1, 0.15) is 11.6 Å². The first-order valence-corrected chi connectivity index (χ1v) is 13.8. The summed E-state index contributed by atoms with van der Waals surface area (Å²) in [5, 5.41) is 2.50. The molecule has 0 saturated carbocycles. The third kappa shape index (κ3) is 7.97. The molecule has 1 aliphatic rings. The summed E-state index contributed by atoms with van der Waals surface area (Å²) < 4.78 is 94.3. The Labute approximate surface area is 254 Å². The average Bonchev–Trinajstić information content (AvgIpc) is 2.95. The van der Waals surface area contributed by atoms with E-state index in [4.69, 9.17) is 0 Å². The number of anilines is 1. The minimum absolute atomic E-state index is 0.0186. The van der Waals surface area contributed by atoms with Gasteiger partial charge in [0.05, 0.1) is 16.7 Å². The number of aromatic nitrogens is 1. The van der Waals surface area contributed by atoms with Gasteiger partial charge in [-0.3, -0.25) is 14.4 Å². The SMILES string of the molecule is CC(=O)Nc1ccc(C(=O)N2CC[C@@H](C(=O)N(C)Cc3cc(C(F)(F)F)cc(C(F)(F)F)c3)[C@H](c3ccc(F)cc3C)C2)cn1. The number of aryl methyl sites for hydroxylation is 1. The highest BCUT2D eigenvalue weighted by atomic mass is 19.4. The van der Waals surface area contributed by atoms with Crippen LogP contribution in [-0.4, -0.2) is 52.6 Å². The number of piperidine rings is 1. The number of carbonyl (C=O) groups is 3. The van der Waals surface area contributed by atoms with Gasteiger partial charge in [-0.05, 0) is 72.5 Å². The van der Waals surface area contributed by atoms with E-state index in [-0.39, 0.29) is 48.4 Å². The number of alkyl halides is 6. The molecule has 7 nitrogen and oxygen atoms in total. The maximum Gasteiger partial charge on any atom is 0.416 e. The van der Waals surface area contributed by atoms with Gasteiger partial charge in [0.2, 0.25) is 11.8 Å². The lowest BCUT2D eigenvalue weighted by molar-refractivity contribution is -0.143. The number of halogens is 7. The summed E-state index contributed by atoms with van der Waals surface area (Å²) in [6.45, 7) is 2.53. The van der Waals surface area contributed by atoms with E-state index in [0.29, 0.717) is 23.3 Å². The topological polar surface area (TPSA) is 82.6 Å². The van der Waals surface area contributed by atoms with Crippen LogP contribution in [0.4, 0.5) is 36.6 Å². The fraction of sp³-hybridized carbons (Fsp3) is 0.355. The Kier molecular flexibility index (Phi) is 9.54. The quantitative estimate of drug-likeness (QED) is 0.316. The molecule has 2 aromatic carbocycles. The number of likely N-dealkylation sites (tertiary alicyclic amines) is 1. The highest BCUT2D eigenvalue weighted by Crippen LogP contribution is 2.38. The van der Waals surface area contributed by atoms with Crippen molar-refractivity contribution in [3.8, 4) is 0 Å². The Bertz CT molecular complexity index is 1560. The van der Waals surface area contributed by atoms with Gasteiger partial charge in [-0.25, -0.2) is 9.37 Å². The summed E-state index contributed by atoms with van der Waals surface area (Å²) >= 11 is 0. The third-order valence-electron chi connectivity index (χ3n) is 7.61. The fourth-order valence-corrected chi connectivity index (χ4v) is 5.51. The van der Waals surface area contributed by atoms with Crippen LogP contribution in [-0.2, 0) is 28.5 Å². The summed E-state index contributed by atoms with van der Waals surface area (Å²) in [7, 11) is 1.28. The molecule has 1 aromatic heterocycles. The van der Waals surface area contributed by atoms with E-state index in [0.717, 1.165) is 4.90 Å². The Morgan fingerprint density at radius 1 is 0.978 bits per heavy atom. The van der Waals surface area contributed by atoms with E-state index in [1.807, 2.05) is 0 Å². The predicted molar refractivity (Wildman–Crippen MR) is 149 cm³/mol. The second-order valence-electron chi connectivity index (χ2n) is 11.0. The first-order chi connectivity index (χ1) is 20.9. The van der Waals surface area contributed by atoms with Gasteiger partial charge >= 0.3 is 12.4 Å². The highest BCUT2D eigenvalue weighted by molar-refractivity contribution is 5.95. The lowest BCUT2D eigenvalue weighted by Gasteiger charge is -2.40. The van der Waals surface area contributed by atoms with Crippen molar-refractivity contribution in [3.63, 3.8) is 0 Å². The van der Waals surface area contributed by atoms with Crippen molar-refractivity contribution in [1.82, 2.24) is 14.8 Å². The lowest BCUT2D eigenvalue weighted by Crippen LogP contribution is -2.47. The summed E-state index contributed by atoms with van der Waals surface area (Å²) in [6.07, 6.45) is -8.67. The normalized spacial score (nSPS) is 17.2. The molecule has 1 saturated heterocycles. The molecule has 3 aromatic rings. The fourth-order valence-electron chi connectivity index (χ4n) is 5.51. The summed E-state index contributed by atoms with van der Waals surface area (Å²) in [5.74, 6) is -3.07. The number of benzene rings is 2. The standard InChI is InChI=1S/C31H29F7N4O3/c1-17-10-23(32)5-6-24(17)26-16-42(28(44)20-4-7-27(39-14-20)40-18(2)43)9-8-25(26)29(45)41(3)15-19-11-21(30(33,34)35)13-22(12-19)31(36,37)38/h4-7,10-14,25-26H,8-9,15-16H2,1-3H3,(H,39,40,43)/t25-,26+/m1/s1. The summed E-state index contributed by atoms with van der Waals surface area (Å²) in [4.78, 5) is 45.0. The maximum absolute atomic E-state index is 14.0. The van der Waals surface area contributed by atoms with Gasteiger partial charge in [-0.1, -0.05) is 6.07 Å². The summed E-state index contributed by atoms with van der Waals surface area (Å²) in [6, 6.07) is 8.09. The minimum Gasteiger partial charge on any atom is -0.341 e. The third-order valence-corrected chi connectivity index (χ3v) is 7.61. The molecule has 14 heteroatoms. The van der Waals surface area contributed by atoms with Crippen LogP contribution >= 0.6 is 0 Å². The van der Waals surface area contributed by atoms with E-state index < -0.39 is 59.5 Å². The number of pyridine rings is 1. The smallest absolute Gasteiger partial charge is 0.341 e. The van der Waals surface area contributed by atoms with Crippen LogP contribution in [0.15, 0.2) is 54.7 Å².